The molecule has 1 saturated carbocycles. The van der Waals surface area contributed by atoms with Gasteiger partial charge in [-0.05, 0) is 38.3 Å². The number of aromatic nitrogens is 2. The van der Waals surface area contributed by atoms with Crippen LogP contribution in [0.25, 0.3) is 0 Å². The molecule has 0 spiro atoms. The first-order chi connectivity index (χ1) is 7.95. The van der Waals surface area contributed by atoms with Crippen molar-refractivity contribution in [3.63, 3.8) is 0 Å². The van der Waals surface area contributed by atoms with Crippen molar-refractivity contribution in [1.29, 1.82) is 0 Å². The van der Waals surface area contributed by atoms with E-state index in [0.717, 1.165) is 6.54 Å². The van der Waals surface area contributed by atoms with E-state index in [1.165, 1.54) is 50.8 Å². The highest BCUT2D eigenvalue weighted by Crippen LogP contribution is 2.33. The maximum Gasteiger partial charge on any atom is 0.0522 e. The number of hydrogen-bond donors (Lipinski definition) is 1. The summed E-state index contributed by atoms with van der Waals surface area (Å²) in [6.07, 6.45) is 10.0. The minimum absolute atomic E-state index is 0.687. The summed E-state index contributed by atoms with van der Waals surface area (Å²) in [6, 6.07) is 2.92. The van der Waals surface area contributed by atoms with Crippen molar-refractivity contribution in [2.45, 2.75) is 50.5 Å². The van der Waals surface area contributed by atoms with Gasteiger partial charge in [0.05, 0.1) is 6.04 Å². The summed E-state index contributed by atoms with van der Waals surface area (Å²) in [6.45, 7) is 2.33. The second kappa shape index (κ2) is 4.58. The van der Waals surface area contributed by atoms with Crippen LogP contribution in [0, 0.1) is 0 Å². The highest BCUT2D eigenvalue weighted by atomic mass is 15.3. The number of rotatable bonds is 2. The van der Waals surface area contributed by atoms with Crippen LogP contribution in [0.15, 0.2) is 12.3 Å². The SMILES string of the molecule is c1cc([C@H]2CCCNC2)n(C2CCCC2)n1. The first-order valence-electron chi connectivity index (χ1n) is 6.69. The van der Waals surface area contributed by atoms with Gasteiger partial charge in [-0.2, -0.15) is 5.10 Å². The lowest BCUT2D eigenvalue weighted by atomic mass is 9.96. The molecule has 1 N–H and O–H groups in total. The number of hydrogen-bond acceptors (Lipinski definition) is 2. The zero-order valence-corrected chi connectivity index (χ0v) is 9.86. The maximum absolute atomic E-state index is 4.56. The van der Waals surface area contributed by atoms with Crippen LogP contribution < -0.4 is 5.32 Å². The van der Waals surface area contributed by atoms with Gasteiger partial charge in [0.2, 0.25) is 0 Å². The quantitative estimate of drug-likeness (QED) is 0.828. The van der Waals surface area contributed by atoms with Crippen molar-refractivity contribution in [2.75, 3.05) is 13.1 Å². The fourth-order valence-electron chi connectivity index (χ4n) is 3.21. The van der Waals surface area contributed by atoms with E-state index >= 15 is 0 Å². The predicted molar refractivity (Wildman–Crippen MR) is 64.6 cm³/mol. The average Bonchev–Trinajstić information content (AvgIpc) is 3.01. The molecule has 16 heavy (non-hydrogen) atoms. The molecule has 1 atom stereocenters. The summed E-state index contributed by atoms with van der Waals surface area (Å²) in [5.74, 6) is 0.692. The van der Waals surface area contributed by atoms with Gasteiger partial charge in [-0.15, -0.1) is 0 Å². The third-order valence-corrected chi connectivity index (χ3v) is 4.09. The van der Waals surface area contributed by atoms with Crippen molar-refractivity contribution in [1.82, 2.24) is 15.1 Å². The Hall–Kier alpha value is -0.830. The largest absolute Gasteiger partial charge is 0.316 e. The van der Waals surface area contributed by atoms with Gasteiger partial charge in [0.25, 0.3) is 0 Å². The molecule has 1 aliphatic carbocycles. The molecule has 0 amide bonds. The zero-order valence-electron chi connectivity index (χ0n) is 9.86. The fourth-order valence-corrected chi connectivity index (χ4v) is 3.21. The molecular formula is C13H21N3. The van der Waals surface area contributed by atoms with Crippen LogP contribution in [0.2, 0.25) is 0 Å². The molecule has 3 heteroatoms. The highest BCUT2D eigenvalue weighted by Gasteiger charge is 2.24. The lowest BCUT2D eigenvalue weighted by molar-refractivity contribution is 0.394. The van der Waals surface area contributed by atoms with Gasteiger partial charge in [0, 0.05) is 24.4 Å². The van der Waals surface area contributed by atoms with E-state index in [1.54, 1.807) is 0 Å². The van der Waals surface area contributed by atoms with E-state index in [1.807, 2.05) is 6.20 Å². The molecule has 1 aromatic rings. The summed E-state index contributed by atoms with van der Waals surface area (Å²) in [5, 5.41) is 8.06. The second-order valence-corrected chi connectivity index (χ2v) is 5.18. The van der Waals surface area contributed by atoms with Gasteiger partial charge in [-0.25, -0.2) is 0 Å². The Morgan fingerprint density at radius 1 is 1.19 bits per heavy atom. The minimum atomic E-state index is 0.687. The van der Waals surface area contributed by atoms with E-state index in [-0.39, 0.29) is 0 Å². The van der Waals surface area contributed by atoms with Gasteiger partial charge in [-0.1, -0.05) is 12.8 Å². The van der Waals surface area contributed by atoms with Crippen LogP contribution in [-0.4, -0.2) is 22.9 Å². The number of nitrogens with one attached hydrogen (secondary N) is 1. The Labute approximate surface area is 97.2 Å². The first kappa shape index (κ1) is 10.3. The second-order valence-electron chi connectivity index (χ2n) is 5.18. The molecule has 3 rings (SSSR count). The van der Waals surface area contributed by atoms with Crippen molar-refractivity contribution in [2.24, 2.45) is 0 Å². The van der Waals surface area contributed by atoms with Gasteiger partial charge in [0.1, 0.15) is 0 Å². The summed E-state index contributed by atoms with van der Waals surface area (Å²) in [5.41, 5.74) is 1.47. The van der Waals surface area contributed by atoms with E-state index in [2.05, 4.69) is 21.2 Å². The number of nitrogens with zero attached hydrogens (tertiary/aromatic N) is 2. The van der Waals surface area contributed by atoms with E-state index in [4.69, 9.17) is 0 Å². The Morgan fingerprint density at radius 3 is 2.81 bits per heavy atom. The standard InChI is InChI=1S/C13H21N3/c1-2-6-12(5-1)16-13(7-9-15-16)11-4-3-8-14-10-11/h7,9,11-12,14H,1-6,8,10H2/t11-/m0/s1. The molecule has 1 saturated heterocycles. The molecular weight excluding hydrogens is 198 g/mol. The lowest BCUT2D eigenvalue weighted by Gasteiger charge is -2.25. The smallest absolute Gasteiger partial charge is 0.0522 e. The van der Waals surface area contributed by atoms with Crippen molar-refractivity contribution < 1.29 is 0 Å². The monoisotopic (exact) mass is 219 g/mol. The van der Waals surface area contributed by atoms with Crippen LogP contribution in [0.1, 0.15) is 56.2 Å². The Morgan fingerprint density at radius 2 is 2.06 bits per heavy atom. The summed E-state index contributed by atoms with van der Waals surface area (Å²) >= 11 is 0. The fraction of sp³-hybridized carbons (Fsp3) is 0.769. The Kier molecular flexibility index (Phi) is 2.96. The summed E-state index contributed by atoms with van der Waals surface area (Å²) < 4.78 is 2.32. The van der Waals surface area contributed by atoms with Crippen molar-refractivity contribution in [3.05, 3.63) is 18.0 Å². The van der Waals surface area contributed by atoms with E-state index in [9.17, 15) is 0 Å². The molecule has 2 aliphatic rings. The molecule has 1 aliphatic heterocycles. The van der Waals surface area contributed by atoms with Gasteiger partial charge >= 0.3 is 0 Å². The van der Waals surface area contributed by atoms with Crippen molar-refractivity contribution >= 4 is 0 Å². The third-order valence-electron chi connectivity index (χ3n) is 4.09. The molecule has 2 heterocycles. The lowest BCUT2D eigenvalue weighted by Crippen LogP contribution is -2.30. The molecule has 0 unspecified atom stereocenters. The molecule has 0 bridgehead atoms. The Balaban J connectivity index is 1.80. The molecule has 3 nitrogen and oxygen atoms in total. The van der Waals surface area contributed by atoms with Crippen LogP contribution >= 0.6 is 0 Å². The Bertz CT molecular complexity index is 333. The van der Waals surface area contributed by atoms with Crippen LogP contribution in [-0.2, 0) is 0 Å². The third kappa shape index (κ3) is 1.88. The summed E-state index contributed by atoms with van der Waals surface area (Å²) in [7, 11) is 0. The summed E-state index contributed by atoms with van der Waals surface area (Å²) in [4.78, 5) is 0. The zero-order chi connectivity index (χ0) is 10.8. The normalized spacial score (nSPS) is 27.4. The van der Waals surface area contributed by atoms with Crippen LogP contribution in [0.3, 0.4) is 0 Å². The predicted octanol–water partition coefficient (Wildman–Crippen LogP) is 2.47. The average molecular weight is 219 g/mol. The molecule has 1 aromatic heterocycles. The van der Waals surface area contributed by atoms with Gasteiger partial charge in [-0.3, -0.25) is 4.68 Å². The first-order valence-corrected chi connectivity index (χ1v) is 6.69. The minimum Gasteiger partial charge on any atom is -0.316 e. The number of piperidine rings is 1. The van der Waals surface area contributed by atoms with Gasteiger partial charge in [0.15, 0.2) is 0 Å². The van der Waals surface area contributed by atoms with Gasteiger partial charge < -0.3 is 5.32 Å². The van der Waals surface area contributed by atoms with E-state index < -0.39 is 0 Å². The van der Waals surface area contributed by atoms with Crippen LogP contribution in [0.5, 0.6) is 0 Å². The van der Waals surface area contributed by atoms with E-state index in [0.29, 0.717) is 12.0 Å². The molecule has 2 fully saturated rings. The molecule has 0 aromatic carbocycles. The molecule has 0 radical (unpaired) electrons. The maximum atomic E-state index is 4.56. The van der Waals surface area contributed by atoms with Crippen molar-refractivity contribution in [3.8, 4) is 0 Å². The topological polar surface area (TPSA) is 29.9 Å². The van der Waals surface area contributed by atoms with Crippen LogP contribution in [0.4, 0.5) is 0 Å². The molecule has 88 valence electrons. The highest BCUT2D eigenvalue weighted by molar-refractivity contribution is 5.11.